The number of likely N-dealkylation sites (tertiary alicyclic amines) is 1. The van der Waals surface area contributed by atoms with E-state index < -0.39 is 23.7 Å². The minimum atomic E-state index is -0.628. The number of amides is 4. The average molecular weight is 354 g/mol. The zero-order chi connectivity index (χ0) is 18.4. The van der Waals surface area contributed by atoms with Crippen LogP contribution in [0.15, 0.2) is 18.2 Å². The first-order valence-corrected chi connectivity index (χ1v) is 8.49. The summed E-state index contributed by atoms with van der Waals surface area (Å²) in [5, 5.41) is 8.18. The predicted octanol–water partition coefficient (Wildman–Crippen LogP) is 2.52. The second kappa shape index (κ2) is 8.64. The Balaban J connectivity index is 1.91. The molecule has 0 spiro atoms. The van der Waals surface area contributed by atoms with Crippen molar-refractivity contribution >= 4 is 12.1 Å². The van der Waals surface area contributed by atoms with Crippen molar-refractivity contribution in [2.24, 2.45) is 0 Å². The van der Waals surface area contributed by atoms with Gasteiger partial charge in [0.15, 0.2) is 0 Å². The van der Waals surface area contributed by atoms with Gasteiger partial charge in [0.2, 0.25) is 0 Å². The summed E-state index contributed by atoms with van der Waals surface area (Å²) in [4.78, 5) is 25.6. The van der Waals surface area contributed by atoms with E-state index in [0.29, 0.717) is 32.5 Å². The highest BCUT2D eigenvalue weighted by atomic mass is 19.1. The Morgan fingerprint density at radius 3 is 2.76 bits per heavy atom. The van der Waals surface area contributed by atoms with Crippen LogP contribution in [0, 0.1) is 11.6 Å². The van der Waals surface area contributed by atoms with Crippen molar-refractivity contribution in [2.75, 3.05) is 19.6 Å². The van der Waals surface area contributed by atoms with Crippen LogP contribution in [0.25, 0.3) is 0 Å². The first-order chi connectivity index (χ1) is 11.9. The second-order valence-electron chi connectivity index (χ2n) is 6.01. The molecule has 4 amide bonds. The lowest BCUT2D eigenvalue weighted by Crippen LogP contribution is -2.46. The van der Waals surface area contributed by atoms with Gasteiger partial charge in [-0.3, -0.25) is 0 Å². The molecule has 1 heterocycles. The Labute approximate surface area is 146 Å². The lowest BCUT2D eigenvalue weighted by molar-refractivity contribution is 0.207. The lowest BCUT2D eigenvalue weighted by atomic mass is 10.0. The van der Waals surface area contributed by atoms with Crippen LogP contribution in [0.2, 0.25) is 0 Å². The molecule has 0 aromatic heterocycles. The van der Waals surface area contributed by atoms with Crippen molar-refractivity contribution in [3.05, 3.63) is 35.4 Å². The number of halogens is 2. The molecule has 0 saturated carbocycles. The number of urea groups is 2. The molecule has 0 radical (unpaired) electrons. The number of hydrogen-bond donors (Lipinski definition) is 3. The molecule has 8 heteroatoms. The van der Waals surface area contributed by atoms with Crippen molar-refractivity contribution in [1.82, 2.24) is 20.9 Å². The van der Waals surface area contributed by atoms with Crippen molar-refractivity contribution < 1.29 is 18.4 Å². The van der Waals surface area contributed by atoms with E-state index in [1.165, 1.54) is 0 Å². The molecule has 3 N–H and O–H groups in total. The summed E-state index contributed by atoms with van der Waals surface area (Å²) in [7, 11) is 0. The summed E-state index contributed by atoms with van der Waals surface area (Å²) in [6, 6.07) is 1.78. The van der Waals surface area contributed by atoms with E-state index in [2.05, 4.69) is 16.0 Å². The number of nitrogens with one attached hydrogen (secondary N) is 3. The molecule has 0 aliphatic carbocycles. The highest BCUT2D eigenvalue weighted by Crippen LogP contribution is 2.21. The van der Waals surface area contributed by atoms with Gasteiger partial charge in [-0.25, -0.2) is 18.4 Å². The highest BCUT2D eigenvalue weighted by Gasteiger charge is 2.27. The fourth-order valence-electron chi connectivity index (χ4n) is 2.89. The zero-order valence-electron chi connectivity index (χ0n) is 14.4. The maximum absolute atomic E-state index is 13.9. The van der Waals surface area contributed by atoms with Gasteiger partial charge in [-0.05, 0) is 38.0 Å². The van der Waals surface area contributed by atoms with Gasteiger partial charge in [0, 0.05) is 31.2 Å². The molecular formula is C17H24F2N4O2. The third-order valence-electron chi connectivity index (χ3n) is 4.19. The minimum Gasteiger partial charge on any atom is -0.338 e. The third-order valence-corrected chi connectivity index (χ3v) is 4.19. The molecule has 1 fully saturated rings. The van der Waals surface area contributed by atoms with E-state index in [1.54, 1.807) is 11.8 Å². The monoisotopic (exact) mass is 354 g/mol. The van der Waals surface area contributed by atoms with E-state index in [-0.39, 0.29) is 17.6 Å². The van der Waals surface area contributed by atoms with Crippen LogP contribution >= 0.6 is 0 Å². The van der Waals surface area contributed by atoms with Gasteiger partial charge in [0.1, 0.15) is 11.6 Å². The number of rotatable bonds is 5. The topological polar surface area (TPSA) is 73.5 Å². The molecule has 1 aliphatic rings. The normalized spacial score (nSPS) is 17.9. The standard InChI is InChI=1S/C17H24F2N4O2/c1-3-15(13-9-11(18)5-6-14(13)19)22-16(24)21-12-7-8-23(10-12)17(25)20-4-2/h5-6,9,12,15H,3-4,7-8,10H2,1-2H3,(H,20,25)(H2,21,22,24). The molecule has 1 aliphatic heterocycles. The fourth-order valence-corrected chi connectivity index (χ4v) is 2.89. The summed E-state index contributed by atoms with van der Waals surface area (Å²) in [6.45, 7) is 5.15. The summed E-state index contributed by atoms with van der Waals surface area (Å²) >= 11 is 0. The van der Waals surface area contributed by atoms with Crippen LogP contribution < -0.4 is 16.0 Å². The Morgan fingerprint density at radius 1 is 1.32 bits per heavy atom. The van der Waals surface area contributed by atoms with E-state index in [4.69, 9.17) is 0 Å². The van der Waals surface area contributed by atoms with Gasteiger partial charge in [0.05, 0.1) is 6.04 Å². The molecule has 6 nitrogen and oxygen atoms in total. The molecule has 1 saturated heterocycles. The zero-order valence-corrected chi connectivity index (χ0v) is 14.4. The summed E-state index contributed by atoms with van der Waals surface area (Å²) < 4.78 is 27.2. The highest BCUT2D eigenvalue weighted by molar-refractivity contribution is 5.76. The number of hydrogen-bond acceptors (Lipinski definition) is 2. The maximum atomic E-state index is 13.9. The average Bonchev–Trinajstić information content (AvgIpc) is 3.04. The SMILES string of the molecule is CCNC(=O)N1CCC(NC(=O)NC(CC)c2cc(F)ccc2F)C1. The molecule has 0 bridgehead atoms. The molecule has 2 atom stereocenters. The van der Waals surface area contributed by atoms with E-state index in [0.717, 1.165) is 18.2 Å². The van der Waals surface area contributed by atoms with Gasteiger partial charge in [-0.15, -0.1) is 0 Å². The molecule has 2 rings (SSSR count). The quantitative estimate of drug-likeness (QED) is 0.760. The van der Waals surface area contributed by atoms with Crippen LogP contribution in [-0.4, -0.2) is 42.6 Å². The van der Waals surface area contributed by atoms with Crippen LogP contribution in [0.5, 0.6) is 0 Å². The third kappa shape index (κ3) is 5.04. The van der Waals surface area contributed by atoms with Gasteiger partial charge < -0.3 is 20.9 Å². The van der Waals surface area contributed by atoms with Crippen LogP contribution in [-0.2, 0) is 0 Å². The number of carbonyl (C=O) groups is 2. The fraction of sp³-hybridized carbons (Fsp3) is 0.529. The smallest absolute Gasteiger partial charge is 0.317 e. The number of carbonyl (C=O) groups excluding carboxylic acids is 2. The molecule has 138 valence electrons. The molecule has 1 aromatic rings. The number of nitrogens with zero attached hydrogens (tertiary/aromatic N) is 1. The van der Waals surface area contributed by atoms with Crippen LogP contribution in [0.1, 0.15) is 38.3 Å². The van der Waals surface area contributed by atoms with E-state index in [9.17, 15) is 18.4 Å². The number of benzene rings is 1. The lowest BCUT2D eigenvalue weighted by Gasteiger charge is -2.21. The van der Waals surface area contributed by atoms with E-state index in [1.807, 2.05) is 6.92 Å². The Hall–Kier alpha value is -2.38. The summed E-state index contributed by atoms with van der Waals surface area (Å²) in [6.07, 6.45) is 1.07. The minimum absolute atomic E-state index is 0.119. The first-order valence-electron chi connectivity index (χ1n) is 8.49. The van der Waals surface area contributed by atoms with Gasteiger partial charge >= 0.3 is 12.1 Å². The van der Waals surface area contributed by atoms with Crippen molar-refractivity contribution in [3.8, 4) is 0 Å². The first kappa shape index (κ1) is 19.0. The predicted molar refractivity (Wildman–Crippen MR) is 90.1 cm³/mol. The summed E-state index contributed by atoms with van der Waals surface area (Å²) in [5.74, 6) is -1.11. The molecule has 1 aromatic carbocycles. The molecule has 2 unspecified atom stereocenters. The van der Waals surface area contributed by atoms with Crippen molar-refractivity contribution in [3.63, 3.8) is 0 Å². The second-order valence-corrected chi connectivity index (χ2v) is 6.01. The molecular weight excluding hydrogens is 330 g/mol. The van der Waals surface area contributed by atoms with Crippen molar-refractivity contribution in [1.29, 1.82) is 0 Å². The Kier molecular flexibility index (Phi) is 6.55. The molecule has 25 heavy (non-hydrogen) atoms. The Bertz CT molecular complexity index is 627. The van der Waals surface area contributed by atoms with Crippen molar-refractivity contribution in [2.45, 2.75) is 38.8 Å². The van der Waals surface area contributed by atoms with Gasteiger partial charge in [-0.2, -0.15) is 0 Å². The Morgan fingerprint density at radius 2 is 2.08 bits per heavy atom. The summed E-state index contributed by atoms with van der Waals surface area (Å²) in [5.41, 5.74) is 0.119. The van der Waals surface area contributed by atoms with Gasteiger partial charge in [-0.1, -0.05) is 6.92 Å². The van der Waals surface area contributed by atoms with E-state index >= 15 is 0 Å². The van der Waals surface area contributed by atoms with Gasteiger partial charge in [0.25, 0.3) is 0 Å². The van der Waals surface area contributed by atoms with Crippen LogP contribution in [0.3, 0.4) is 0 Å². The maximum Gasteiger partial charge on any atom is 0.317 e. The van der Waals surface area contributed by atoms with Crippen LogP contribution in [0.4, 0.5) is 18.4 Å². The largest absolute Gasteiger partial charge is 0.338 e.